The lowest BCUT2D eigenvalue weighted by atomic mass is 10.1. The van der Waals surface area contributed by atoms with E-state index >= 15 is 0 Å². The molecule has 1 fully saturated rings. The average Bonchev–Trinajstić information content (AvgIpc) is 3.08. The van der Waals surface area contributed by atoms with Gasteiger partial charge < -0.3 is 5.32 Å². The second kappa shape index (κ2) is 8.08. The predicted octanol–water partition coefficient (Wildman–Crippen LogP) is 3.14. The van der Waals surface area contributed by atoms with Crippen LogP contribution in [0, 0.1) is 5.92 Å². The maximum absolute atomic E-state index is 12.1. The van der Waals surface area contributed by atoms with E-state index in [2.05, 4.69) is 16.3 Å². The molecule has 25 heavy (non-hydrogen) atoms. The van der Waals surface area contributed by atoms with Crippen molar-refractivity contribution in [1.82, 2.24) is 10.2 Å². The maximum Gasteiger partial charge on any atom is 0.251 e. The van der Waals surface area contributed by atoms with Crippen LogP contribution in [0.1, 0.15) is 39.6 Å². The van der Waals surface area contributed by atoms with E-state index < -0.39 is 0 Å². The van der Waals surface area contributed by atoms with E-state index in [1.807, 2.05) is 48.5 Å². The molecular weight excluding hydrogens is 312 g/mol. The zero-order chi connectivity index (χ0) is 17.6. The molecule has 2 aromatic rings. The Bertz CT molecular complexity index is 743. The molecule has 1 N–H and O–H groups in total. The van der Waals surface area contributed by atoms with Crippen LogP contribution in [0.15, 0.2) is 54.6 Å². The summed E-state index contributed by atoms with van der Waals surface area (Å²) in [5.41, 5.74) is 2.64. The number of hydrogen-bond donors (Lipinski definition) is 1. The third kappa shape index (κ3) is 4.77. The van der Waals surface area contributed by atoms with Gasteiger partial charge in [0.15, 0.2) is 5.78 Å². The summed E-state index contributed by atoms with van der Waals surface area (Å²) >= 11 is 0. The van der Waals surface area contributed by atoms with Gasteiger partial charge in [0.25, 0.3) is 5.91 Å². The topological polar surface area (TPSA) is 49.4 Å². The van der Waals surface area contributed by atoms with Crippen LogP contribution in [0.2, 0.25) is 0 Å². The van der Waals surface area contributed by atoms with E-state index in [1.54, 1.807) is 6.92 Å². The van der Waals surface area contributed by atoms with Gasteiger partial charge in [-0.2, -0.15) is 0 Å². The number of carbonyl (C=O) groups excluding carboxylic acids is 2. The van der Waals surface area contributed by atoms with Crippen molar-refractivity contribution in [3.05, 3.63) is 71.3 Å². The van der Waals surface area contributed by atoms with Crippen LogP contribution in [0.25, 0.3) is 0 Å². The Labute approximate surface area is 148 Å². The van der Waals surface area contributed by atoms with Gasteiger partial charge in [-0.15, -0.1) is 0 Å². The molecule has 0 aliphatic carbocycles. The molecule has 0 saturated carbocycles. The third-order valence-electron chi connectivity index (χ3n) is 4.70. The average molecular weight is 336 g/mol. The van der Waals surface area contributed by atoms with Gasteiger partial charge in [-0.1, -0.05) is 36.4 Å². The molecule has 1 atom stereocenters. The number of hydrogen-bond acceptors (Lipinski definition) is 3. The lowest BCUT2D eigenvalue weighted by Gasteiger charge is -2.17. The monoisotopic (exact) mass is 336 g/mol. The fourth-order valence-electron chi connectivity index (χ4n) is 3.30. The van der Waals surface area contributed by atoms with Crippen molar-refractivity contribution in [3.8, 4) is 0 Å². The molecule has 130 valence electrons. The van der Waals surface area contributed by atoms with E-state index in [0.717, 1.165) is 31.6 Å². The Morgan fingerprint density at radius 1 is 1.08 bits per heavy atom. The Balaban J connectivity index is 1.48. The fourth-order valence-corrected chi connectivity index (χ4v) is 3.30. The van der Waals surface area contributed by atoms with E-state index in [0.29, 0.717) is 18.0 Å². The summed E-state index contributed by atoms with van der Waals surface area (Å²) in [6.07, 6.45) is 1.08. The number of carbonyl (C=O) groups is 2. The smallest absolute Gasteiger partial charge is 0.251 e. The van der Waals surface area contributed by atoms with Gasteiger partial charge in [-0.25, -0.2) is 0 Å². The first-order valence-electron chi connectivity index (χ1n) is 8.77. The van der Waals surface area contributed by atoms with Crippen molar-refractivity contribution in [2.24, 2.45) is 5.92 Å². The molecule has 1 saturated heterocycles. The van der Waals surface area contributed by atoms with Crippen LogP contribution in [-0.4, -0.2) is 36.2 Å². The van der Waals surface area contributed by atoms with Crippen LogP contribution >= 0.6 is 0 Å². The molecule has 0 bridgehead atoms. The fraction of sp³-hybridized carbons (Fsp3) is 0.333. The minimum absolute atomic E-state index is 0.00629. The van der Waals surface area contributed by atoms with Gasteiger partial charge >= 0.3 is 0 Å². The molecule has 1 aliphatic rings. The normalized spacial score (nSPS) is 17.4. The van der Waals surface area contributed by atoms with E-state index in [4.69, 9.17) is 0 Å². The molecule has 4 heteroatoms. The van der Waals surface area contributed by atoms with E-state index in [-0.39, 0.29) is 11.7 Å². The zero-order valence-electron chi connectivity index (χ0n) is 14.6. The number of likely N-dealkylation sites (tertiary alicyclic amines) is 1. The first kappa shape index (κ1) is 17.4. The number of Topliss-reactive ketones (excluding diaryl/α,β-unsaturated/α-hetero) is 1. The summed E-state index contributed by atoms with van der Waals surface area (Å²) in [7, 11) is 0. The Hall–Kier alpha value is -2.46. The molecule has 0 spiro atoms. The highest BCUT2D eigenvalue weighted by molar-refractivity contribution is 5.94. The minimum Gasteiger partial charge on any atom is -0.352 e. The van der Waals surface area contributed by atoms with Gasteiger partial charge in [0, 0.05) is 30.8 Å². The molecule has 1 aliphatic heterocycles. The molecule has 0 radical (unpaired) electrons. The number of benzene rings is 2. The highest BCUT2D eigenvalue weighted by Gasteiger charge is 2.23. The molecule has 1 heterocycles. The van der Waals surface area contributed by atoms with Crippen LogP contribution in [0.5, 0.6) is 0 Å². The van der Waals surface area contributed by atoms with Crippen LogP contribution in [0.3, 0.4) is 0 Å². The lowest BCUT2D eigenvalue weighted by Crippen LogP contribution is -2.30. The number of amides is 1. The number of rotatable bonds is 6. The molecular formula is C21H24N2O2. The van der Waals surface area contributed by atoms with Crippen molar-refractivity contribution in [2.45, 2.75) is 19.9 Å². The van der Waals surface area contributed by atoms with Crippen molar-refractivity contribution in [2.75, 3.05) is 19.6 Å². The van der Waals surface area contributed by atoms with Gasteiger partial charge in [-0.3, -0.25) is 14.5 Å². The van der Waals surface area contributed by atoms with Crippen molar-refractivity contribution in [3.63, 3.8) is 0 Å². The highest BCUT2D eigenvalue weighted by atomic mass is 16.1. The first-order chi connectivity index (χ1) is 12.1. The Kier molecular flexibility index (Phi) is 5.61. The quantitative estimate of drug-likeness (QED) is 0.825. The summed E-state index contributed by atoms with van der Waals surface area (Å²) < 4.78 is 0. The van der Waals surface area contributed by atoms with Gasteiger partial charge in [0.2, 0.25) is 0 Å². The van der Waals surface area contributed by atoms with Gasteiger partial charge in [-0.05, 0) is 49.6 Å². The Morgan fingerprint density at radius 2 is 1.84 bits per heavy atom. The standard InChI is InChI=1S/C21H24N2O2/c1-16(24)20-9-5-6-17(12-20)14-23-11-10-18(15-23)13-22-21(25)19-7-3-2-4-8-19/h2-9,12,18H,10-11,13-15H2,1H3,(H,22,25). The van der Waals surface area contributed by atoms with Crippen LogP contribution < -0.4 is 5.32 Å². The summed E-state index contributed by atoms with van der Waals surface area (Å²) in [5.74, 6) is 0.571. The summed E-state index contributed by atoms with van der Waals surface area (Å²) in [6, 6.07) is 17.2. The molecule has 1 unspecified atom stereocenters. The van der Waals surface area contributed by atoms with Crippen molar-refractivity contribution < 1.29 is 9.59 Å². The van der Waals surface area contributed by atoms with Crippen molar-refractivity contribution >= 4 is 11.7 Å². The number of nitrogens with one attached hydrogen (secondary N) is 1. The zero-order valence-corrected chi connectivity index (χ0v) is 14.6. The molecule has 0 aromatic heterocycles. The van der Waals surface area contributed by atoms with Gasteiger partial charge in [0.1, 0.15) is 0 Å². The first-order valence-corrected chi connectivity index (χ1v) is 8.77. The Morgan fingerprint density at radius 3 is 2.60 bits per heavy atom. The van der Waals surface area contributed by atoms with Crippen LogP contribution in [-0.2, 0) is 6.54 Å². The summed E-state index contributed by atoms with van der Waals surface area (Å²) in [6.45, 7) is 5.15. The van der Waals surface area contributed by atoms with Crippen molar-refractivity contribution in [1.29, 1.82) is 0 Å². The molecule has 2 aromatic carbocycles. The van der Waals surface area contributed by atoms with Crippen LogP contribution in [0.4, 0.5) is 0 Å². The largest absolute Gasteiger partial charge is 0.352 e. The molecule has 3 rings (SSSR count). The minimum atomic E-state index is -0.00629. The summed E-state index contributed by atoms with van der Waals surface area (Å²) in [5, 5.41) is 3.04. The number of ketones is 1. The SMILES string of the molecule is CC(=O)c1cccc(CN2CCC(CNC(=O)c3ccccc3)C2)c1. The highest BCUT2D eigenvalue weighted by Crippen LogP contribution is 2.19. The second-order valence-corrected chi connectivity index (χ2v) is 6.72. The van der Waals surface area contributed by atoms with Gasteiger partial charge in [0.05, 0.1) is 0 Å². The van der Waals surface area contributed by atoms with E-state index in [9.17, 15) is 9.59 Å². The maximum atomic E-state index is 12.1. The lowest BCUT2D eigenvalue weighted by molar-refractivity contribution is 0.0946. The number of nitrogens with zero attached hydrogens (tertiary/aromatic N) is 1. The predicted molar refractivity (Wildman–Crippen MR) is 98.6 cm³/mol. The molecule has 4 nitrogen and oxygen atoms in total. The third-order valence-corrected chi connectivity index (χ3v) is 4.70. The second-order valence-electron chi connectivity index (χ2n) is 6.72. The molecule has 1 amide bonds. The summed E-state index contributed by atoms with van der Waals surface area (Å²) in [4.78, 5) is 26.0. The van der Waals surface area contributed by atoms with E-state index in [1.165, 1.54) is 5.56 Å².